The number of nitrogens with zero attached hydrogens (tertiary/aromatic N) is 2. The molecule has 5 nitrogen and oxygen atoms in total. The van der Waals surface area contributed by atoms with Crippen LogP contribution in [-0.4, -0.2) is 28.2 Å². The minimum atomic E-state index is -0.137. The second kappa shape index (κ2) is 4.19. The van der Waals surface area contributed by atoms with Crippen molar-refractivity contribution >= 4 is 21.7 Å². The SMILES string of the molecule is Cc1nc2sc(C3CCOCC3)nc2c(=O)[nH]1. The molecular weight excluding hydrogens is 238 g/mol. The van der Waals surface area contributed by atoms with E-state index in [-0.39, 0.29) is 5.56 Å². The fourth-order valence-corrected chi connectivity index (χ4v) is 3.23. The third-order valence-electron chi connectivity index (χ3n) is 2.98. The normalized spacial score (nSPS) is 17.7. The van der Waals surface area contributed by atoms with E-state index < -0.39 is 0 Å². The van der Waals surface area contributed by atoms with Gasteiger partial charge in [0.2, 0.25) is 0 Å². The van der Waals surface area contributed by atoms with Gasteiger partial charge in [0, 0.05) is 19.1 Å². The van der Waals surface area contributed by atoms with Gasteiger partial charge >= 0.3 is 0 Å². The molecular formula is C11H13N3O2S. The van der Waals surface area contributed by atoms with Crippen LogP contribution in [0.2, 0.25) is 0 Å². The molecule has 1 aliphatic rings. The van der Waals surface area contributed by atoms with Crippen molar-refractivity contribution in [2.45, 2.75) is 25.7 Å². The number of thiazole rings is 1. The summed E-state index contributed by atoms with van der Waals surface area (Å²) in [5, 5.41) is 1.02. The number of fused-ring (bicyclic) bond motifs is 1. The van der Waals surface area contributed by atoms with Gasteiger partial charge in [-0.1, -0.05) is 11.3 Å². The van der Waals surface area contributed by atoms with E-state index in [0.29, 0.717) is 17.3 Å². The van der Waals surface area contributed by atoms with Gasteiger partial charge in [0.05, 0.1) is 5.01 Å². The molecule has 3 rings (SSSR count). The van der Waals surface area contributed by atoms with Crippen LogP contribution in [0.5, 0.6) is 0 Å². The van der Waals surface area contributed by atoms with Crippen LogP contribution in [0.1, 0.15) is 29.6 Å². The molecule has 2 aromatic rings. The van der Waals surface area contributed by atoms with Crippen molar-refractivity contribution in [2.75, 3.05) is 13.2 Å². The Hall–Kier alpha value is -1.27. The van der Waals surface area contributed by atoms with Crippen LogP contribution in [-0.2, 0) is 4.74 Å². The molecule has 0 atom stereocenters. The van der Waals surface area contributed by atoms with E-state index in [0.717, 1.165) is 35.9 Å². The molecule has 1 saturated heterocycles. The zero-order chi connectivity index (χ0) is 11.8. The fourth-order valence-electron chi connectivity index (χ4n) is 2.07. The highest BCUT2D eigenvalue weighted by Gasteiger charge is 2.20. The van der Waals surface area contributed by atoms with Crippen LogP contribution in [0.4, 0.5) is 0 Å². The largest absolute Gasteiger partial charge is 0.381 e. The summed E-state index contributed by atoms with van der Waals surface area (Å²) in [6, 6.07) is 0. The Bertz CT molecular complexity index is 598. The van der Waals surface area contributed by atoms with Gasteiger partial charge < -0.3 is 9.72 Å². The number of nitrogens with one attached hydrogen (secondary N) is 1. The molecule has 0 bridgehead atoms. The van der Waals surface area contributed by atoms with Crippen molar-refractivity contribution in [3.05, 3.63) is 21.2 Å². The number of rotatable bonds is 1. The van der Waals surface area contributed by atoms with E-state index in [1.807, 2.05) is 0 Å². The Balaban J connectivity index is 2.06. The lowest BCUT2D eigenvalue weighted by atomic mass is 10.0. The van der Waals surface area contributed by atoms with Gasteiger partial charge in [-0.3, -0.25) is 4.79 Å². The Morgan fingerprint density at radius 3 is 2.88 bits per heavy atom. The fraction of sp³-hybridized carbons (Fsp3) is 0.545. The Kier molecular flexibility index (Phi) is 2.68. The van der Waals surface area contributed by atoms with Gasteiger partial charge in [-0.15, -0.1) is 0 Å². The minimum Gasteiger partial charge on any atom is -0.381 e. The molecule has 0 saturated carbocycles. The molecule has 0 aromatic carbocycles. The first kappa shape index (κ1) is 10.9. The zero-order valence-corrected chi connectivity index (χ0v) is 10.3. The van der Waals surface area contributed by atoms with Crippen LogP contribution in [0, 0.1) is 6.92 Å². The number of aryl methyl sites for hydroxylation is 1. The van der Waals surface area contributed by atoms with Gasteiger partial charge in [-0.2, -0.15) is 0 Å². The zero-order valence-electron chi connectivity index (χ0n) is 9.52. The maximum Gasteiger partial charge on any atom is 0.278 e. The van der Waals surface area contributed by atoms with Crippen molar-refractivity contribution in [1.29, 1.82) is 0 Å². The molecule has 1 fully saturated rings. The number of H-pyrrole nitrogens is 1. The van der Waals surface area contributed by atoms with Crippen LogP contribution in [0.3, 0.4) is 0 Å². The molecule has 17 heavy (non-hydrogen) atoms. The molecule has 6 heteroatoms. The van der Waals surface area contributed by atoms with E-state index in [4.69, 9.17) is 4.74 Å². The quantitative estimate of drug-likeness (QED) is 0.835. The van der Waals surface area contributed by atoms with Crippen molar-refractivity contribution in [3.63, 3.8) is 0 Å². The predicted octanol–water partition coefficient (Wildman–Crippen LogP) is 1.58. The van der Waals surface area contributed by atoms with Crippen LogP contribution < -0.4 is 5.56 Å². The molecule has 90 valence electrons. The molecule has 2 aromatic heterocycles. The Morgan fingerprint density at radius 1 is 1.35 bits per heavy atom. The Morgan fingerprint density at radius 2 is 2.12 bits per heavy atom. The minimum absolute atomic E-state index is 0.137. The molecule has 1 aliphatic heterocycles. The monoisotopic (exact) mass is 251 g/mol. The molecule has 1 N–H and O–H groups in total. The molecule has 0 amide bonds. The van der Waals surface area contributed by atoms with E-state index in [2.05, 4.69) is 15.0 Å². The lowest BCUT2D eigenvalue weighted by molar-refractivity contribution is 0.0853. The van der Waals surface area contributed by atoms with Crippen LogP contribution in [0.25, 0.3) is 10.3 Å². The molecule has 3 heterocycles. The van der Waals surface area contributed by atoms with E-state index >= 15 is 0 Å². The molecule has 0 radical (unpaired) electrons. The van der Waals surface area contributed by atoms with E-state index in [1.54, 1.807) is 6.92 Å². The third-order valence-corrected chi connectivity index (χ3v) is 4.09. The summed E-state index contributed by atoms with van der Waals surface area (Å²) in [6.07, 6.45) is 1.97. The Labute approximate surface area is 102 Å². The number of aromatic nitrogens is 3. The van der Waals surface area contributed by atoms with E-state index in [1.165, 1.54) is 11.3 Å². The summed E-state index contributed by atoms with van der Waals surface area (Å²) >= 11 is 1.53. The van der Waals surface area contributed by atoms with Crippen LogP contribution in [0.15, 0.2) is 4.79 Å². The van der Waals surface area contributed by atoms with Crippen LogP contribution >= 0.6 is 11.3 Å². The standard InChI is InChI=1S/C11H13N3O2S/c1-6-12-9(15)8-11(13-6)17-10(14-8)7-2-4-16-5-3-7/h7H,2-5H2,1H3,(H,12,13,15). The van der Waals surface area contributed by atoms with Gasteiger partial charge in [-0.05, 0) is 19.8 Å². The second-order valence-corrected chi connectivity index (χ2v) is 5.25. The van der Waals surface area contributed by atoms with Gasteiger partial charge in [0.15, 0.2) is 10.3 Å². The van der Waals surface area contributed by atoms with Gasteiger partial charge in [0.25, 0.3) is 5.56 Å². The molecule has 0 unspecified atom stereocenters. The van der Waals surface area contributed by atoms with Crippen molar-refractivity contribution < 1.29 is 4.74 Å². The molecule has 0 aliphatic carbocycles. The van der Waals surface area contributed by atoms with Crippen molar-refractivity contribution in [2.24, 2.45) is 0 Å². The first-order chi connectivity index (χ1) is 8.24. The number of ether oxygens (including phenoxy) is 1. The average molecular weight is 251 g/mol. The summed E-state index contributed by atoms with van der Waals surface area (Å²) < 4.78 is 5.33. The number of hydrogen-bond donors (Lipinski definition) is 1. The summed E-state index contributed by atoms with van der Waals surface area (Å²) in [5.74, 6) is 1.06. The highest BCUT2D eigenvalue weighted by Crippen LogP contribution is 2.31. The highest BCUT2D eigenvalue weighted by atomic mass is 32.1. The summed E-state index contributed by atoms with van der Waals surface area (Å²) in [5.41, 5.74) is 0.337. The third kappa shape index (κ3) is 1.98. The van der Waals surface area contributed by atoms with Crippen molar-refractivity contribution in [3.8, 4) is 0 Å². The second-order valence-electron chi connectivity index (χ2n) is 4.24. The summed E-state index contributed by atoms with van der Waals surface area (Å²) in [7, 11) is 0. The topological polar surface area (TPSA) is 67.9 Å². The van der Waals surface area contributed by atoms with E-state index in [9.17, 15) is 4.79 Å². The summed E-state index contributed by atoms with van der Waals surface area (Å²) in [4.78, 5) is 23.9. The number of hydrogen-bond acceptors (Lipinski definition) is 5. The first-order valence-corrected chi connectivity index (χ1v) is 6.51. The lowest BCUT2D eigenvalue weighted by Gasteiger charge is -2.19. The summed E-state index contributed by atoms with van der Waals surface area (Å²) in [6.45, 7) is 3.35. The number of aromatic amines is 1. The average Bonchev–Trinajstić information content (AvgIpc) is 2.74. The first-order valence-electron chi connectivity index (χ1n) is 5.69. The smallest absolute Gasteiger partial charge is 0.278 e. The van der Waals surface area contributed by atoms with Crippen molar-refractivity contribution in [1.82, 2.24) is 15.0 Å². The van der Waals surface area contributed by atoms with Gasteiger partial charge in [-0.25, -0.2) is 9.97 Å². The molecule has 0 spiro atoms. The van der Waals surface area contributed by atoms with Gasteiger partial charge in [0.1, 0.15) is 5.82 Å². The predicted molar refractivity (Wildman–Crippen MR) is 65.6 cm³/mol. The highest BCUT2D eigenvalue weighted by molar-refractivity contribution is 7.18. The maximum atomic E-state index is 11.7. The lowest BCUT2D eigenvalue weighted by Crippen LogP contribution is -2.14. The maximum absolute atomic E-state index is 11.7.